The lowest BCUT2D eigenvalue weighted by atomic mass is 9.99. The monoisotopic (exact) mass is 286 g/mol. The predicted molar refractivity (Wildman–Crippen MR) is 87.6 cm³/mol. The zero-order chi connectivity index (χ0) is 14.1. The van der Waals surface area contributed by atoms with Gasteiger partial charge in [-0.05, 0) is 56.4 Å². The molecule has 0 atom stereocenters. The summed E-state index contributed by atoms with van der Waals surface area (Å²) >= 11 is 1.73. The Morgan fingerprint density at radius 3 is 2.50 bits per heavy atom. The third-order valence-electron chi connectivity index (χ3n) is 4.30. The number of anilines is 1. The Labute approximate surface area is 125 Å². The lowest BCUT2D eigenvalue weighted by Gasteiger charge is -2.10. The summed E-state index contributed by atoms with van der Waals surface area (Å²) < 4.78 is 0. The highest BCUT2D eigenvalue weighted by atomic mass is 32.1. The average molecular weight is 286 g/mol. The molecule has 20 heavy (non-hydrogen) atoms. The van der Waals surface area contributed by atoms with Gasteiger partial charge in [-0.25, -0.2) is 4.98 Å². The van der Waals surface area contributed by atoms with E-state index in [1.54, 1.807) is 11.3 Å². The summed E-state index contributed by atoms with van der Waals surface area (Å²) in [4.78, 5) is 4.78. The van der Waals surface area contributed by atoms with Gasteiger partial charge in [0.1, 0.15) is 0 Å². The van der Waals surface area contributed by atoms with Gasteiger partial charge in [0, 0.05) is 17.0 Å². The fourth-order valence-corrected chi connectivity index (χ4v) is 3.73. The van der Waals surface area contributed by atoms with Crippen molar-refractivity contribution in [2.24, 2.45) is 0 Å². The Morgan fingerprint density at radius 1 is 1.05 bits per heavy atom. The molecule has 0 spiro atoms. The normalized spacial score (nSPS) is 15.8. The summed E-state index contributed by atoms with van der Waals surface area (Å²) in [5.74, 6) is 0. The first-order chi connectivity index (χ1) is 9.63. The molecule has 1 aliphatic rings. The molecule has 0 aliphatic heterocycles. The molecule has 1 N–H and O–H groups in total. The number of nitrogens with zero attached hydrogens (tertiary/aromatic N) is 1. The third kappa shape index (κ3) is 2.73. The number of nitrogens with one attached hydrogen (secondary N) is 1. The van der Waals surface area contributed by atoms with Gasteiger partial charge in [0.05, 0.1) is 5.69 Å². The second kappa shape index (κ2) is 5.57. The standard InChI is InChI=1S/C17H22N2S/c1-11-8-13(3)15(9-12(11)2)16-10-20-17(19-16)18-14-6-4-5-7-14/h8-10,14H,4-7H2,1-3H3,(H,18,19). The van der Waals surface area contributed by atoms with Crippen molar-refractivity contribution in [1.82, 2.24) is 4.98 Å². The second-order valence-electron chi connectivity index (χ2n) is 5.92. The maximum atomic E-state index is 4.78. The largest absolute Gasteiger partial charge is 0.359 e. The minimum Gasteiger partial charge on any atom is -0.359 e. The number of hydrogen-bond acceptors (Lipinski definition) is 3. The summed E-state index contributed by atoms with van der Waals surface area (Å²) in [5, 5.41) is 6.83. The maximum absolute atomic E-state index is 4.78. The molecule has 0 amide bonds. The number of aryl methyl sites for hydroxylation is 3. The van der Waals surface area contributed by atoms with E-state index in [0.29, 0.717) is 6.04 Å². The molecule has 1 saturated carbocycles. The second-order valence-corrected chi connectivity index (χ2v) is 6.77. The first-order valence-electron chi connectivity index (χ1n) is 7.44. The molecule has 0 saturated heterocycles. The molecular weight excluding hydrogens is 264 g/mol. The van der Waals surface area contributed by atoms with Gasteiger partial charge in [0.15, 0.2) is 5.13 Å². The number of thiazole rings is 1. The number of aromatic nitrogens is 1. The van der Waals surface area contributed by atoms with Gasteiger partial charge in [-0.3, -0.25) is 0 Å². The van der Waals surface area contributed by atoms with Crippen molar-refractivity contribution >= 4 is 16.5 Å². The maximum Gasteiger partial charge on any atom is 0.183 e. The molecule has 1 aromatic heterocycles. The van der Waals surface area contributed by atoms with Crippen LogP contribution in [0.25, 0.3) is 11.3 Å². The van der Waals surface area contributed by atoms with Crippen molar-refractivity contribution < 1.29 is 0 Å². The fourth-order valence-electron chi connectivity index (χ4n) is 2.94. The molecular formula is C17H22N2S. The van der Waals surface area contributed by atoms with Crippen LogP contribution in [0.5, 0.6) is 0 Å². The topological polar surface area (TPSA) is 24.9 Å². The predicted octanol–water partition coefficient (Wildman–Crippen LogP) is 5.09. The van der Waals surface area contributed by atoms with Gasteiger partial charge in [-0.15, -0.1) is 11.3 Å². The van der Waals surface area contributed by atoms with Gasteiger partial charge in [-0.1, -0.05) is 18.9 Å². The molecule has 0 bridgehead atoms. The Morgan fingerprint density at radius 2 is 1.75 bits per heavy atom. The van der Waals surface area contributed by atoms with Gasteiger partial charge in [0.25, 0.3) is 0 Å². The average Bonchev–Trinajstić information content (AvgIpc) is 3.06. The van der Waals surface area contributed by atoms with E-state index in [2.05, 4.69) is 43.6 Å². The Kier molecular flexibility index (Phi) is 3.79. The van der Waals surface area contributed by atoms with Gasteiger partial charge >= 0.3 is 0 Å². The van der Waals surface area contributed by atoms with E-state index in [1.807, 2.05) is 0 Å². The molecule has 1 heterocycles. The van der Waals surface area contributed by atoms with Crippen LogP contribution in [0, 0.1) is 20.8 Å². The van der Waals surface area contributed by atoms with Crippen LogP contribution in [0.2, 0.25) is 0 Å². The highest BCUT2D eigenvalue weighted by molar-refractivity contribution is 7.14. The van der Waals surface area contributed by atoms with E-state index in [1.165, 1.54) is 47.9 Å². The van der Waals surface area contributed by atoms with Crippen LogP contribution in [0.15, 0.2) is 17.5 Å². The van der Waals surface area contributed by atoms with E-state index in [9.17, 15) is 0 Å². The summed E-state index contributed by atoms with van der Waals surface area (Å²) in [5.41, 5.74) is 6.38. The van der Waals surface area contributed by atoms with Crippen LogP contribution in [-0.2, 0) is 0 Å². The van der Waals surface area contributed by atoms with Crippen molar-refractivity contribution in [3.8, 4) is 11.3 Å². The first kappa shape index (κ1) is 13.6. The van der Waals surface area contributed by atoms with E-state index in [4.69, 9.17) is 4.98 Å². The number of rotatable bonds is 3. The zero-order valence-corrected chi connectivity index (χ0v) is 13.3. The summed E-state index contributed by atoms with van der Waals surface area (Å²) in [6.45, 7) is 6.51. The molecule has 1 aromatic carbocycles. The SMILES string of the molecule is Cc1cc(C)c(-c2csc(NC3CCCC3)n2)cc1C. The Bertz CT molecular complexity index is 609. The molecule has 0 radical (unpaired) electrons. The third-order valence-corrected chi connectivity index (χ3v) is 5.08. The van der Waals surface area contributed by atoms with E-state index < -0.39 is 0 Å². The zero-order valence-electron chi connectivity index (χ0n) is 12.5. The van der Waals surface area contributed by atoms with Gasteiger partial charge in [-0.2, -0.15) is 0 Å². The van der Waals surface area contributed by atoms with Crippen LogP contribution >= 0.6 is 11.3 Å². The van der Waals surface area contributed by atoms with Gasteiger partial charge < -0.3 is 5.32 Å². The van der Waals surface area contributed by atoms with Crippen molar-refractivity contribution in [3.05, 3.63) is 34.2 Å². The highest BCUT2D eigenvalue weighted by Crippen LogP contribution is 2.31. The summed E-state index contributed by atoms with van der Waals surface area (Å²) in [6, 6.07) is 5.16. The molecule has 3 rings (SSSR count). The van der Waals surface area contributed by atoms with Crippen molar-refractivity contribution in [1.29, 1.82) is 0 Å². The van der Waals surface area contributed by atoms with Crippen LogP contribution in [0.4, 0.5) is 5.13 Å². The molecule has 0 unspecified atom stereocenters. The molecule has 3 heteroatoms. The van der Waals surface area contributed by atoms with Crippen molar-refractivity contribution in [2.75, 3.05) is 5.32 Å². The van der Waals surface area contributed by atoms with Crippen molar-refractivity contribution in [3.63, 3.8) is 0 Å². The number of benzene rings is 1. The minimum atomic E-state index is 0.634. The highest BCUT2D eigenvalue weighted by Gasteiger charge is 2.16. The first-order valence-corrected chi connectivity index (χ1v) is 8.32. The van der Waals surface area contributed by atoms with Gasteiger partial charge in [0.2, 0.25) is 0 Å². The molecule has 1 fully saturated rings. The van der Waals surface area contributed by atoms with Crippen molar-refractivity contribution in [2.45, 2.75) is 52.5 Å². The molecule has 1 aliphatic carbocycles. The van der Waals surface area contributed by atoms with E-state index in [0.717, 1.165) is 10.8 Å². The molecule has 106 valence electrons. The van der Waals surface area contributed by atoms with E-state index >= 15 is 0 Å². The minimum absolute atomic E-state index is 0.634. The fraction of sp³-hybridized carbons (Fsp3) is 0.471. The molecule has 2 aromatic rings. The smallest absolute Gasteiger partial charge is 0.183 e. The Balaban J connectivity index is 1.84. The quantitative estimate of drug-likeness (QED) is 0.850. The summed E-state index contributed by atoms with van der Waals surface area (Å²) in [7, 11) is 0. The molecule has 2 nitrogen and oxygen atoms in total. The van der Waals surface area contributed by atoms with Crippen LogP contribution < -0.4 is 5.32 Å². The van der Waals surface area contributed by atoms with E-state index in [-0.39, 0.29) is 0 Å². The summed E-state index contributed by atoms with van der Waals surface area (Å²) in [6.07, 6.45) is 5.29. The van der Waals surface area contributed by atoms with Crippen LogP contribution in [0.1, 0.15) is 42.4 Å². The lowest BCUT2D eigenvalue weighted by Crippen LogP contribution is -2.14. The lowest BCUT2D eigenvalue weighted by molar-refractivity contribution is 0.754. The van der Waals surface area contributed by atoms with Crippen LogP contribution in [-0.4, -0.2) is 11.0 Å². The van der Waals surface area contributed by atoms with Crippen LogP contribution in [0.3, 0.4) is 0 Å². The number of hydrogen-bond donors (Lipinski definition) is 1. The Hall–Kier alpha value is -1.35.